The molecule has 1 aromatic heterocycles. The van der Waals surface area contributed by atoms with Gasteiger partial charge in [-0.2, -0.15) is 4.31 Å². The van der Waals surface area contributed by atoms with Crippen LogP contribution in [0.2, 0.25) is 0 Å². The molecule has 0 N–H and O–H groups in total. The summed E-state index contributed by atoms with van der Waals surface area (Å²) in [5.74, 6) is -0.480. The van der Waals surface area contributed by atoms with Crippen LogP contribution in [0.4, 0.5) is 0 Å². The van der Waals surface area contributed by atoms with Crippen LogP contribution in [-0.2, 0) is 26.6 Å². The average molecular weight is 301 g/mol. The number of ether oxygens (including phenoxy) is 1. The van der Waals surface area contributed by atoms with Gasteiger partial charge in [-0.15, -0.1) is 0 Å². The van der Waals surface area contributed by atoms with E-state index in [1.807, 2.05) is 0 Å². The molecule has 0 aromatic carbocycles. The molecule has 8 heteroatoms. The van der Waals surface area contributed by atoms with Gasteiger partial charge in [0.15, 0.2) is 5.03 Å². The fraction of sp³-hybridized carbons (Fsp3) is 0.667. The Hall–Kier alpha value is -1.41. The molecule has 1 unspecified atom stereocenters. The first-order valence-corrected chi connectivity index (χ1v) is 8.07. The molecule has 1 aromatic rings. The second-order valence-corrected chi connectivity index (χ2v) is 6.59. The first kappa shape index (κ1) is 15.0. The van der Waals surface area contributed by atoms with Crippen molar-refractivity contribution in [2.24, 2.45) is 7.05 Å². The summed E-state index contributed by atoms with van der Waals surface area (Å²) in [6.07, 6.45) is 4.91. The topological polar surface area (TPSA) is 81.5 Å². The number of rotatable bonds is 4. The predicted octanol–water partition coefficient (Wildman–Crippen LogP) is 0.526. The lowest BCUT2D eigenvalue weighted by Crippen LogP contribution is -2.48. The van der Waals surface area contributed by atoms with Crippen LogP contribution < -0.4 is 0 Å². The maximum Gasteiger partial charge on any atom is 0.324 e. The van der Waals surface area contributed by atoms with Crippen molar-refractivity contribution in [2.45, 2.75) is 37.3 Å². The van der Waals surface area contributed by atoms with Crippen LogP contribution >= 0.6 is 0 Å². The van der Waals surface area contributed by atoms with Crippen molar-refractivity contribution < 1.29 is 17.9 Å². The lowest BCUT2D eigenvalue weighted by atomic mass is 10.1. The molecule has 0 saturated carbocycles. The zero-order valence-electron chi connectivity index (χ0n) is 11.7. The number of imidazole rings is 1. The molecule has 7 nitrogen and oxygen atoms in total. The average Bonchev–Trinajstić information content (AvgIpc) is 2.86. The maximum absolute atomic E-state index is 12.6. The van der Waals surface area contributed by atoms with Gasteiger partial charge >= 0.3 is 5.97 Å². The molecular weight excluding hydrogens is 282 g/mol. The van der Waals surface area contributed by atoms with Gasteiger partial charge in [-0.25, -0.2) is 13.4 Å². The zero-order chi connectivity index (χ0) is 14.8. The molecule has 2 rings (SSSR count). The minimum atomic E-state index is -3.75. The van der Waals surface area contributed by atoms with Gasteiger partial charge in [0.25, 0.3) is 10.0 Å². The zero-order valence-corrected chi connectivity index (χ0v) is 12.5. The summed E-state index contributed by atoms with van der Waals surface area (Å²) < 4.78 is 32.9. The third-order valence-corrected chi connectivity index (χ3v) is 5.06. The van der Waals surface area contributed by atoms with E-state index in [1.54, 1.807) is 18.5 Å². The highest BCUT2D eigenvalue weighted by Crippen LogP contribution is 2.25. The Bertz CT molecular complexity index is 581. The fourth-order valence-electron chi connectivity index (χ4n) is 2.31. The number of hydrogen-bond acceptors (Lipinski definition) is 5. The molecule has 0 spiro atoms. The van der Waals surface area contributed by atoms with Crippen LogP contribution in [0.25, 0.3) is 0 Å². The lowest BCUT2D eigenvalue weighted by molar-refractivity contribution is -0.148. The molecule has 0 radical (unpaired) electrons. The van der Waals surface area contributed by atoms with Crippen molar-refractivity contribution in [1.82, 2.24) is 13.9 Å². The van der Waals surface area contributed by atoms with Crippen molar-refractivity contribution in [2.75, 3.05) is 13.2 Å². The standard InChI is InChI=1S/C12H19N3O4S/c1-3-19-12(16)10-6-4-5-7-15(10)20(17,18)11-8-14(2)9-13-11/h8-10H,3-7H2,1-2H3. The summed E-state index contributed by atoms with van der Waals surface area (Å²) in [7, 11) is -2.05. The second kappa shape index (κ2) is 5.92. The number of carbonyl (C=O) groups is 1. The van der Waals surface area contributed by atoms with E-state index in [0.717, 1.165) is 12.8 Å². The quantitative estimate of drug-likeness (QED) is 0.758. The van der Waals surface area contributed by atoms with E-state index in [-0.39, 0.29) is 11.6 Å². The summed E-state index contributed by atoms with van der Waals surface area (Å²) in [6, 6.07) is -0.740. The van der Waals surface area contributed by atoms with E-state index >= 15 is 0 Å². The van der Waals surface area contributed by atoms with E-state index in [2.05, 4.69) is 4.98 Å². The van der Waals surface area contributed by atoms with Gasteiger partial charge in [-0.3, -0.25) is 4.79 Å². The lowest BCUT2D eigenvalue weighted by Gasteiger charge is -2.32. The Morgan fingerprint density at radius 1 is 1.50 bits per heavy atom. The molecule has 1 atom stereocenters. The predicted molar refractivity (Wildman–Crippen MR) is 71.4 cm³/mol. The third-order valence-electron chi connectivity index (χ3n) is 3.27. The molecule has 2 heterocycles. The van der Waals surface area contributed by atoms with Gasteiger partial charge in [0.05, 0.1) is 12.9 Å². The van der Waals surface area contributed by atoms with Crippen LogP contribution in [-0.4, -0.2) is 47.4 Å². The monoisotopic (exact) mass is 301 g/mol. The largest absolute Gasteiger partial charge is 0.465 e. The number of hydrogen-bond donors (Lipinski definition) is 0. The van der Waals surface area contributed by atoms with Gasteiger partial charge in [0, 0.05) is 19.8 Å². The van der Waals surface area contributed by atoms with Crippen LogP contribution in [0, 0.1) is 0 Å². The van der Waals surface area contributed by atoms with Crippen molar-refractivity contribution in [3.05, 3.63) is 12.5 Å². The number of aromatic nitrogens is 2. The normalized spacial score (nSPS) is 20.8. The van der Waals surface area contributed by atoms with Crippen molar-refractivity contribution >= 4 is 16.0 Å². The summed E-state index contributed by atoms with van der Waals surface area (Å²) in [5, 5.41) is -0.0313. The Kier molecular flexibility index (Phi) is 4.44. The molecule has 0 bridgehead atoms. The summed E-state index contributed by atoms with van der Waals surface area (Å²) >= 11 is 0. The van der Waals surface area contributed by atoms with Gasteiger partial charge in [-0.05, 0) is 26.2 Å². The highest BCUT2D eigenvalue weighted by Gasteiger charge is 2.39. The van der Waals surface area contributed by atoms with Gasteiger partial charge < -0.3 is 9.30 Å². The summed E-state index contributed by atoms with van der Waals surface area (Å²) in [4.78, 5) is 15.8. The van der Waals surface area contributed by atoms with Crippen molar-refractivity contribution in [1.29, 1.82) is 0 Å². The first-order chi connectivity index (χ1) is 9.46. The summed E-state index contributed by atoms with van der Waals surface area (Å²) in [5.41, 5.74) is 0. The summed E-state index contributed by atoms with van der Waals surface area (Å²) in [6.45, 7) is 2.27. The number of esters is 1. The van der Waals surface area contributed by atoms with Gasteiger partial charge in [-0.1, -0.05) is 0 Å². The molecule has 1 fully saturated rings. The number of sulfonamides is 1. The first-order valence-electron chi connectivity index (χ1n) is 6.63. The number of aryl methyl sites for hydroxylation is 1. The molecule has 1 saturated heterocycles. The molecule has 112 valence electrons. The van der Waals surface area contributed by atoms with Crippen LogP contribution in [0.5, 0.6) is 0 Å². The van der Waals surface area contributed by atoms with E-state index in [1.165, 1.54) is 16.8 Å². The second-order valence-electron chi connectivity index (χ2n) is 4.76. The molecular formula is C12H19N3O4S. The van der Waals surface area contributed by atoms with Crippen LogP contribution in [0.15, 0.2) is 17.6 Å². The number of carbonyl (C=O) groups excluding carboxylic acids is 1. The third kappa shape index (κ3) is 2.85. The minimum Gasteiger partial charge on any atom is -0.465 e. The molecule has 1 aliphatic heterocycles. The smallest absolute Gasteiger partial charge is 0.324 e. The number of nitrogens with zero attached hydrogens (tertiary/aromatic N) is 3. The highest BCUT2D eigenvalue weighted by molar-refractivity contribution is 7.89. The maximum atomic E-state index is 12.6. The van der Waals surface area contributed by atoms with Gasteiger partial charge in [0.1, 0.15) is 6.04 Å². The fourth-order valence-corrected chi connectivity index (χ4v) is 3.92. The van der Waals surface area contributed by atoms with E-state index in [4.69, 9.17) is 4.74 Å². The molecule has 0 amide bonds. The highest BCUT2D eigenvalue weighted by atomic mass is 32.2. The Labute approximate surface area is 118 Å². The molecule has 20 heavy (non-hydrogen) atoms. The Morgan fingerprint density at radius 3 is 2.85 bits per heavy atom. The van der Waals surface area contributed by atoms with Crippen molar-refractivity contribution in [3.8, 4) is 0 Å². The SMILES string of the molecule is CCOC(=O)C1CCCCN1S(=O)(=O)c1cn(C)cn1. The van der Waals surface area contributed by atoms with Crippen LogP contribution in [0.3, 0.4) is 0 Å². The van der Waals surface area contributed by atoms with E-state index in [0.29, 0.717) is 13.0 Å². The van der Waals surface area contributed by atoms with E-state index in [9.17, 15) is 13.2 Å². The Balaban J connectivity index is 2.29. The molecule has 0 aliphatic carbocycles. The van der Waals surface area contributed by atoms with E-state index < -0.39 is 22.0 Å². The Morgan fingerprint density at radius 2 is 2.25 bits per heavy atom. The van der Waals surface area contributed by atoms with Gasteiger partial charge in [0.2, 0.25) is 0 Å². The number of piperidine rings is 1. The minimum absolute atomic E-state index is 0.0313. The molecule has 1 aliphatic rings. The van der Waals surface area contributed by atoms with Crippen molar-refractivity contribution in [3.63, 3.8) is 0 Å². The van der Waals surface area contributed by atoms with Crippen LogP contribution in [0.1, 0.15) is 26.2 Å².